The number of phenols is 1. The van der Waals surface area contributed by atoms with Gasteiger partial charge in [0, 0.05) is 24.3 Å². The quantitative estimate of drug-likeness (QED) is 0.671. The van der Waals surface area contributed by atoms with Crippen LogP contribution in [0.1, 0.15) is 49.3 Å². The first-order chi connectivity index (χ1) is 14.6. The lowest BCUT2D eigenvalue weighted by atomic mass is 9.77. The molecule has 0 spiro atoms. The molecule has 5 nitrogen and oxygen atoms in total. The third-order valence-corrected chi connectivity index (χ3v) is 6.42. The van der Waals surface area contributed by atoms with E-state index in [4.69, 9.17) is 4.74 Å². The number of methoxy groups -OCH3 is 1. The normalized spacial score (nSPS) is 23.1. The Kier molecular flexibility index (Phi) is 5.45. The van der Waals surface area contributed by atoms with E-state index < -0.39 is 11.7 Å². The number of phenolic OH excluding ortho intramolecular Hbond substituents is 1. The highest BCUT2D eigenvalue weighted by molar-refractivity contribution is 5.77. The molecule has 2 aliphatic carbocycles. The first kappa shape index (κ1) is 21.6. The van der Waals surface area contributed by atoms with Crippen LogP contribution in [0.15, 0.2) is 24.8 Å². The van der Waals surface area contributed by atoms with E-state index in [0.29, 0.717) is 11.3 Å². The van der Waals surface area contributed by atoms with Crippen molar-refractivity contribution in [2.75, 3.05) is 12.4 Å². The van der Waals surface area contributed by atoms with Crippen molar-refractivity contribution in [1.29, 1.82) is 0 Å². The number of aromatic nitrogens is 2. The number of allylic oxidation sites excluding steroid dienone is 1. The van der Waals surface area contributed by atoms with E-state index in [2.05, 4.69) is 29.0 Å². The molecule has 31 heavy (non-hydrogen) atoms. The number of fused-ring (bicyclic) bond motifs is 1. The van der Waals surface area contributed by atoms with Gasteiger partial charge in [0.25, 0.3) is 0 Å². The maximum atomic E-state index is 13.0. The minimum absolute atomic E-state index is 0.112. The topological polar surface area (TPSA) is 67.3 Å². The molecule has 0 bridgehead atoms. The standard InChI is InChI=1S/C23H26F3N3O2/c1-13(23(24,25)26)14-8-9-18(19(30)10-14)20-16-6-4-5-7-17(16)21(29-28-20)27-15-11-22(2,12-15)31-3/h8-10,15,30H,1,4-7,11-12H2,2-3H3,(H,27,29). The lowest BCUT2D eigenvalue weighted by Crippen LogP contribution is -2.50. The van der Waals surface area contributed by atoms with Crippen molar-refractivity contribution in [2.24, 2.45) is 0 Å². The Hall–Kier alpha value is -2.61. The third kappa shape index (κ3) is 4.13. The number of benzene rings is 1. The molecular weight excluding hydrogens is 407 g/mol. The molecular formula is C23H26F3N3O2. The molecule has 1 saturated carbocycles. The molecule has 1 aromatic carbocycles. The molecule has 0 radical (unpaired) electrons. The van der Waals surface area contributed by atoms with Crippen LogP contribution in [-0.2, 0) is 17.6 Å². The van der Waals surface area contributed by atoms with Crippen molar-refractivity contribution in [3.63, 3.8) is 0 Å². The molecule has 0 amide bonds. The van der Waals surface area contributed by atoms with E-state index in [-0.39, 0.29) is 23.0 Å². The molecule has 0 aliphatic heterocycles. The number of nitrogens with zero attached hydrogens (tertiary/aromatic N) is 2. The summed E-state index contributed by atoms with van der Waals surface area (Å²) in [7, 11) is 1.72. The van der Waals surface area contributed by atoms with E-state index >= 15 is 0 Å². The summed E-state index contributed by atoms with van der Waals surface area (Å²) in [5, 5.41) is 22.7. The molecule has 1 heterocycles. The Morgan fingerprint density at radius 2 is 1.87 bits per heavy atom. The van der Waals surface area contributed by atoms with Gasteiger partial charge in [0.2, 0.25) is 0 Å². The molecule has 1 fully saturated rings. The minimum atomic E-state index is -4.55. The number of hydrogen-bond donors (Lipinski definition) is 2. The van der Waals surface area contributed by atoms with Crippen LogP contribution in [0.3, 0.4) is 0 Å². The van der Waals surface area contributed by atoms with E-state index in [0.717, 1.165) is 61.5 Å². The number of rotatable bonds is 5. The molecule has 4 rings (SSSR count). The zero-order valence-corrected chi connectivity index (χ0v) is 17.6. The van der Waals surface area contributed by atoms with Crippen molar-refractivity contribution < 1.29 is 23.0 Å². The molecule has 2 aliphatic rings. The van der Waals surface area contributed by atoms with Crippen molar-refractivity contribution in [3.8, 4) is 17.0 Å². The van der Waals surface area contributed by atoms with Crippen molar-refractivity contribution >= 4 is 11.4 Å². The van der Waals surface area contributed by atoms with Gasteiger partial charge in [-0.15, -0.1) is 10.2 Å². The summed E-state index contributed by atoms with van der Waals surface area (Å²) in [6.45, 7) is 5.18. The number of halogens is 3. The minimum Gasteiger partial charge on any atom is -0.507 e. The molecule has 0 atom stereocenters. The molecule has 2 aromatic rings. The summed E-state index contributed by atoms with van der Waals surface area (Å²) in [6.07, 6.45) is 0.855. The maximum Gasteiger partial charge on any atom is 0.416 e. The molecule has 8 heteroatoms. The second kappa shape index (κ2) is 7.82. The largest absolute Gasteiger partial charge is 0.507 e. The molecule has 0 saturated heterocycles. The van der Waals surface area contributed by atoms with E-state index in [1.807, 2.05) is 0 Å². The Bertz CT molecular complexity index is 1010. The van der Waals surface area contributed by atoms with E-state index in [1.54, 1.807) is 7.11 Å². The highest BCUT2D eigenvalue weighted by Gasteiger charge is 2.41. The first-order valence-corrected chi connectivity index (χ1v) is 10.4. The molecule has 2 N–H and O–H groups in total. The fourth-order valence-corrected chi connectivity index (χ4v) is 4.51. The highest BCUT2D eigenvalue weighted by Crippen LogP contribution is 2.41. The van der Waals surface area contributed by atoms with E-state index in [9.17, 15) is 18.3 Å². The van der Waals surface area contributed by atoms with Crippen LogP contribution < -0.4 is 5.32 Å². The summed E-state index contributed by atoms with van der Waals surface area (Å²) in [5.41, 5.74) is 1.70. The molecule has 166 valence electrons. The van der Waals surface area contributed by atoms with Gasteiger partial charge in [-0.05, 0) is 68.7 Å². The summed E-state index contributed by atoms with van der Waals surface area (Å²) in [6, 6.07) is 4.13. The van der Waals surface area contributed by atoms with Crippen LogP contribution in [0.4, 0.5) is 19.0 Å². The lowest BCUT2D eigenvalue weighted by Gasteiger charge is -2.44. The Labute approximate surface area is 179 Å². The Balaban J connectivity index is 1.65. The lowest BCUT2D eigenvalue weighted by molar-refractivity contribution is -0.0687. The summed E-state index contributed by atoms with van der Waals surface area (Å²) in [5.74, 6) is 0.490. The zero-order chi connectivity index (χ0) is 22.4. The average molecular weight is 433 g/mol. The van der Waals surface area contributed by atoms with Gasteiger partial charge in [-0.3, -0.25) is 0 Å². The second-order valence-electron chi connectivity index (χ2n) is 8.67. The number of nitrogens with one attached hydrogen (secondary N) is 1. The third-order valence-electron chi connectivity index (χ3n) is 6.42. The van der Waals surface area contributed by atoms with Crippen LogP contribution in [-0.4, -0.2) is 40.2 Å². The maximum absolute atomic E-state index is 13.0. The first-order valence-electron chi connectivity index (χ1n) is 10.4. The van der Waals surface area contributed by atoms with Gasteiger partial charge in [0.1, 0.15) is 11.4 Å². The van der Waals surface area contributed by atoms with Gasteiger partial charge in [0.05, 0.1) is 11.2 Å². The number of ether oxygens (including phenoxy) is 1. The van der Waals surface area contributed by atoms with Crippen LogP contribution in [0.5, 0.6) is 5.75 Å². The number of alkyl halides is 3. The van der Waals surface area contributed by atoms with E-state index in [1.165, 1.54) is 12.1 Å². The monoisotopic (exact) mass is 433 g/mol. The number of hydrogen-bond acceptors (Lipinski definition) is 5. The highest BCUT2D eigenvalue weighted by atomic mass is 19.4. The average Bonchev–Trinajstić information content (AvgIpc) is 2.71. The van der Waals surface area contributed by atoms with Gasteiger partial charge in [0.15, 0.2) is 5.82 Å². The Morgan fingerprint density at radius 3 is 2.48 bits per heavy atom. The van der Waals surface area contributed by atoms with Crippen molar-refractivity contribution in [3.05, 3.63) is 41.5 Å². The fraction of sp³-hybridized carbons (Fsp3) is 0.478. The van der Waals surface area contributed by atoms with Crippen LogP contribution in [0, 0.1) is 0 Å². The van der Waals surface area contributed by atoms with Gasteiger partial charge in [-0.1, -0.05) is 12.6 Å². The van der Waals surface area contributed by atoms with Crippen LogP contribution in [0.2, 0.25) is 0 Å². The van der Waals surface area contributed by atoms with Gasteiger partial charge in [-0.2, -0.15) is 13.2 Å². The van der Waals surface area contributed by atoms with Crippen molar-refractivity contribution in [2.45, 2.75) is 63.3 Å². The second-order valence-corrected chi connectivity index (χ2v) is 8.67. The van der Waals surface area contributed by atoms with Crippen molar-refractivity contribution in [1.82, 2.24) is 10.2 Å². The zero-order valence-electron chi connectivity index (χ0n) is 17.6. The predicted octanol–water partition coefficient (Wildman–Crippen LogP) is 5.28. The number of aromatic hydroxyl groups is 1. The van der Waals surface area contributed by atoms with Gasteiger partial charge >= 0.3 is 6.18 Å². The van der Waals surface area contributed by atoms with Gasteiger partial charge in [-0.25, -0.2) is 0 Å². The summed E-state index contributed by atoms with van der Waals surface area (Å²) in [4.78, 5) is 0. The smallest absolute Gasteiger partial charge is 0.416 e. The predicted molar refractivity (Wildman–Crippen MR) is 113 cm³/mol. The SMILES string of the molecule is C=C(c1ccc(-c2nnc(NC3CC(C)(OC)C3)c3c2CCCC3)c(O)c1)C(F)(F)F. The molecule has 0 unspecified atom stereocenters. The van der Waals surface area contributed by atoms with Crippen LogP contribution in [0.25, 0.3) is 16.8 Å². The summed E-state index contributed by atoms with van der Waals surface area (Å²) >= 11 is 0. The Morgan fingerprint density at radius 1 is 1.19 bits per heavy atom. The van der Waals surface area contributed by atoms with Gasteiger partial charge < -0.3 is 15.2 Å². The number of anilines is 1. The fourth-order valence-electron chi connectivity index (χ4n) is 4.51. The summed E-state index contributed by atoms with van der Waals surface area (Å²) < 4.78 is 44.4. The van der Waals surface area contributed by atoms with Crippen LogP contribution >= 0.6 is 0 Å². The molecule has 1 aromatic heterocycles.